The number of alkyl halides is 1. The van der Waals surface area contributed by atoms with E-state index in [0.29, 0.717) is 41.2 Å². The van der Waals surface area contributed by atoms with Gasteiger partial charge in [-0.25, -0.2) is 0 Å². The summed E-state index contributed by atoms with van der Waals surface area (Å²) >= 11 is 4.51. The molecule has 0 bridgehead atoms. The number of hydrogen-bond donors (Lipinski definition) is 0. The molecule has 16 aliphatic rings. The van der Waals surface area contributed by atoms with Gasteiger partial charge in [-0.15, -0.1) is 0 Å². The fourth-order valence-electron chi connectivity index (χ4n) is 26.2. The molecule has 104 heavy (non-hydrogen) atoms. The highest BCUT2D eigenvalue weighted by atomic mass is 79.9. The molecule has 0 radical (unpaired) electrons. The summed E-state index contributed by atoms with van der Waals surface area (Å²) in [6.45, 7) is 33.1. The quantitative estimate of drug-likeness (QED) is 0.0438. The van der Waals surface area contributed by atoms with Crippen molar-refractivity contribution in [2.75, 3.05) is 158 Å². The molecule has 8 saturated carbocycles. The summed E-state index contributed by atoms with van der Waals surface area (Å²) in [5.74, 6) is 0. The van der Waals surface area contributed by atoms with Crippen LogP contribution in [-0.4, -0.2) is 332 Å². The summed E-state index contributed by atoms with van der Waals surface area (Å²) in [5.41, 5.74) is 0. The van der Waals surface area contributed by atoms with Crippen molar-refractivity contribution in [3.63, 3.8) is 0 Å². The summed E-state index contributed by atoms with van der Waals surface area (Å²) < 4.78 is 0. The summed E-state index contributed by atoms with van der Waals surface area (Å²) in [5, 5.41) is 0. The van der Waals surface area contributed by atoms with Crippen LogP contribution in [0.2, 0.25) is 0 Å². The van der Waals surface area contributed by atoms with Crippen LogP contribution in [0.5, 0.6) is 0 Å². The standard InChI is InChI=1S/C87H159BrN16/c1-2-72(89-47-48-90(64-89)73-19-3-4-20-73)35-36-81(97-54-49-91(65-97)74-21-5-6-22-74)37-38-82(98-55-50-92(66-98)75-23-7-8-24-75)39-40-83(99-56-51-93(67-99)76-25-9-10-26-76)41-42-84(100-57-52-94(68-100)77-27-11-12-28-77)43-44-85(101-58-53-95(69-101)78-29-13-14-30-78)45-46-86(103-60-59-96(70-103)79-31-15-16-32-79)63-87(88)104-62-61-102(71-104)80-33-17-18-34-80/h72-87H,2-71H2,1H3. The van der Waals surface area contributed by atoms with E-state index in [-0.39, 0.29) is 0 Å². The molecule has 0 spiro atoms. The maximum absolute atomic E-state index is 4.51. The molecule has 16 rings (SSSR count). The number of rotatable bonds is 37. The van der Waals surface area contributed by atoms with Gasteiger partial charge in [0.05, 0.1) is 58.3 Å². The molecular formula is C87H159BrN16. The average molecular weight is 1510 g/mol. The second kappa shape index (κ2) is 38.8. The van der Waals surface area contributed by atoms with Crippen LogP contribution in [0.4, 0.5) is 0 Å². The Kier molecular flexibility index (Phi) is 29.0. The van der Waals surface area contributed by atoms with Crippen LogP contribution in [0, 0.1) is 0 Å². The molecule has 8 saturated heterocycles. The van der Waals surface area contributed by atoms with Gasteiger partial charge in [-0.3, -0.25) is 78.4 Å². The molecular weight excluding hydrogens is 1350 g/mol. The predicted molar refractivity (Wildman–Crippen MR) is 434 cm³/mol. The highest BCUT2D eigenvalue weighted by Gasteiger charge is 2.43. The fourth-order valence-corrected chi connectivity index (χ4v) is 27.0. The molecule has 0 aromatic rings. The lowest BCUT2D eigenvalue weighted by molar-refractivity contribution is 0.0936. The highest BCUT2D eigenvalue weighted by Crippen LogP contribution is 2.39. The first kappa shape index (κ1) is 77.8. The van der Waals surface area contributed by atoms with Gasteiger partial charge in [0.15, 0.2) is 0 Å². The third kappa shape index (κ3) is 19.9. The molecule has 16 fully saturated rings. The van der Waals surface area contributed by atoms with E-state index in [1.165, 1.54) is 453 Å². The highest BCUT2D eigenvalue weighted by molar-refractivity contribution is 9.09. The first-order valence-electron chi connectivity index (χ1n) is 46.8. The first-order chi connectivity index (χ1) is 51.3. The Bertz CT molecular complexity index is 2470. The first-order valence-corrected chi connectivity index (χ1v) is 47.7. The van der Waals surface area contributed by atoms with Crippen LogP contribution in [0.15, 0.2) is 0 Å². The maximum Gasteiger partial charge on any atom is 0.0681 e. The van der Waals surface area contributed by atoms with Gasteiger partial charge in [-0.1, -0.05) is 126 Å². The Morgan fingerprint density at radius 3 is 0.558 bits per heavy atom. The zero-order valence-electron chi connectivity index (χ0n) is 67.3. The smallest absolute Gasteiger partial charge is 0.0681 e. The predicted octanol–water partition coefficient (Wildman–Crippen LogP) is 13.9. The van der Waals surface area contributed by atoms with Gasteiger partial charge >= 0.3 is 0 Å². The lowest BCUT2D eigenvalue weighted by Gasteiger charge is -2.38. The molecule has 0 N–H and O–H groups in total. The van der Waals surface area contributed by atoms with Gasteiger partial charge < -0.3 is 0 Å². The third-order valence-electron chi connectivity index (χ3n) is 33.0. The number of halogens is 1. The van der Waals surface area contributed by atoms with E-state index in [9.17, 15) is 0 Å². The van der Waals surface area contributed by atoms with E-state index in [1.54, 1.807) is 0 Å². The van der Waals surface area contributed by atoms with Crippen molar-refractivity contribution in [2.45, 2.75) is 398 Å². The Morgan fingerprint density at radius 2 is 0.356 bits per heavy atom. The summed E-state index contributed by atoms with van der Waals surface area (Å²) in [6, 6.07) is 11.4. The molecule has 0 aromatic carbocycles. The molecule has 0 aromatic heterocycles. The van der Waals surface area contributed by atoms with Crippen LogP contribution in [-0.2, 0) is 0 Å². The van der Waals surface area contributed by atoms with Crippen LogP contribution >= 0.6 is 15.9 Å². The molecule has 16 nitrogen and oxygen atoms in total. The molecule has 8 unspecified atom stereocenters. The van der Waals surface area contributed by atoms with E-state index in [0.717, 1.165) is 54.4 Å². The van der Waals surface area contributed by atoms with Crippen LogP contribution < -0.4 is 0 Å². The largest absolute Gasteiger partial charge is 0.286 e. The second-order valence-electron chi connectivity index (χ2n) is 38.8. The Balaban J connectivity index is 0.641. The van der Waals surface area contributed by atoms with Crippen molar-refractivity contribution in [3.8, 4) is 0 Å². The monoisotopic (exact) mass is 1510 g/mol. The van der Waals surface area contributed by atoms with Gasteiger partial charge in [-0.05, 0) is 193 Å². The van der Waals surface area contributed by atoms with Gasteiger partial charge in [0.1, 0.15) is 0 Å². The maximum atomic E-state index is 4.51. The van der Waals surface area contributed by atoms with Crippen molar-refractivity contribution in [1.82, 2.24) is 78.4 Å². The minimum absolute atomic E-state index is 0.464. The molecule has 0 amide bonds. The lowest BCUT2D eigenvalue weighted by atomic mass is 9.91. The van der Waals surface area contributed by atoms with Crippen molar-refractivity contribution in [1.29, 1.82) is 0 Å². The van der Waals surface area contributed by atoms with E-state index >= 15 is 0 Å². The van der Waals surface area contributed by atoms with Crippen molar-refractivity contribution >= 4 is 15.9 Å². The van der Waals surface area contributed by atoms with Gasteiger partial charge in [0.25, 0.3) is 0 Å². The van der Waals surface area contributed by atoms with E-state index < -0.39 is 0 Å². The Labute approximate surface area is 646 Å². The van der Waals surface area contributed by atoms with Crippen LogP contribution in [0.25, 0.3) is 0 Å². The molecule has 8 atom stereocenters. The summed E-state index contributed by atoms with van der Waals surface area (Å²) in [7, 11) is 0. The topological polar surface area (TPSA) is 51.8 Å². The zero-order valence-corrected chi connectivity index (χ0v) is 68.9. The summed E-state index contributed by atoms with van der Waals surface area (Å²) in [4.78, 5) is 48.6. The average Bonchev–Trinajstić information content (AvgIpc) is 1.68. The Morgan fingerprint density at radius 1 is 0.202 bits per heavy atom. The number of nitrogens with zero attached hydrogens (tertiary/aromatic N) is 16. The third-order valence-corrected chi connectivity index (χ3v) is 33.9. The van der Waals surface area contributed by atoms with Gasteiger partial charge in [-0.2, -0.15) is 0 Å². The lowest BCUT2D eigenvalue weighted by Crippen LogP contribution is -2.44. The SMILES string of the molecule is CCC(CCC(CCC(CCC(CCC(CCC(CCC(CC(Br)N1CCN(C2CCCC2)C1)N1CCN(C2CCCC2)C1)N1CCN(C2CCCC2)C1)N1CCN(C2CCCC2)C1)N1CCN(C2CCCC2)C1)N1CCN(C2CCCC2)C1)N1CCN(C2CCCC2)C1)N1CCN(C2CCCC2)C1. The minimum atomic E-state index is 0.464. The van der Waals surface area contributed by atoms with Crippen molar-refractivity contribution in [3.05, 3.63) is 0 Å². The molecule has 594 valence electrons. The van der Waals surface area contributed by atoms with Crippen LogP contribution in [0.1, 0.15) is 302 Å². The second-order valence-corrected chi connectivity index (χ2v) is 39.8. The fraction of sp³-hybridized carbons (Fsp3) is 1.00. The summed E-state index contributed by atoms with van der Waals surface area (Å²) in [6.07, 6.45) is 65.5. The molecule has 8 aliphatic heterocycles. The molecule has 17 heteroatoms. The van der Waals surface area contributed by atoms with E-state index in [1.807, 2.05) is 0 Å². The van der Waals surface area contributed by atoms with E-state index in [2.05, 4.69) is 101 Å². The van der Waals surface area contributed by atoms with E-state index in [4.69, 9.17) is 0 Å². The van der Waals surface area contributed by atoms with Crippen molar-refractivity contribution < 1.29 is 0 Å². The molecule has 8 aliphatic carbocycles. The Hall–Kier alpha value is -0.160. The molecule has 8 heterocycles. The van der Waals surface area contributed by atoms with Crippen LogP contribution in [0.3, 0.4) is 0 Å². The normalized spacial score (nSPS) is 31.2. The zero-order chi connectivity index (χ0) is 70.0. The minimum Gasteiger partial charge on any atom is -0.286 e. The van der Waals surface area contributed by atoms with Crippen molar-refractivity contribution in [2.24, 2.45) is 0 Å². The van der Waals surface area contributed by atoms with Gasteiger partial charge in [0, 0.05) is 195 Å². The number of hydrogen-bond acceptors (Lipinski definition) is 16. The van der Waals surface area contributed by atoms with Gasteiger partial charge in [0.2, 0.25) is 0 Å².